The summed E-state index contributed by atoms with van der Waals surface area (Å²) in [5.41, 5.74) is -2.12. The van der Waals surface area contributed by atoms with Gasteiger partial charge in [0.05, 0.1) is 74.6 Å². The minimum Gasteiger partial charge on any atom is -0.496 e. The lowest BCUT2D eigenvalue weighted by molar-refractivity contribution is -0.173. The highest BCUT2D eigenvalue weighted by Crippen LogP contribution is 2.55. The Balaban J connectivity index is 3.36. The number of methoxy groups -OCH3 is 6. The first kappa shape index (κ1) is 44.0. The van der Waals surface area contributed by atoms with Crippen LogP contribution in [0, 0.1) is 11.3 Å². The minimum absolute atomic E-state index is 0.0568. The maximum atomic E-state index is 14.7. The monoisotopic (exact) mass is 860 g/mol. The average Bonchev–Trinajstić information content (AvgIpc) is 3.13. The minimum atomic E-state index is -2.47. The highest BCUT2D eigenvalue weighted by atomic mass is 79.9. The van der Waals surface area contributed by atoms with Gasteiger partial charge >= 0.3 is 23.9 Å². The lowest BCUT2D eigenvalue weighted by Gasteiger charge is -2.37. The van der Waals surface area contributed by atoms with Crippen molar-refractivity contribution in [3.63, 3.8) is 0 Å². The zero-order valence-electron chi connectivity index (χ0n) is 31.0. The summed E-state index contributed by atoms with van der Waals surface area (Å²) in [7, 11) is 8.42. The molecule has 0 heterocycles. The summed E-state index contributed by atoms with van der Waals surface area (Å²) in [4.78, 5) is 56.4. The largest absolute Gasteiger partial charge is 0.496 e. The van der Waals surface area contributed by atoms with Crippen LogP contribution >= 0.6 is 31.9 Å². The molecule has 0 amide bonds. The summed E-state index contributed by atoms with van der Waals surface area (Å²) in [6.07, 6.45) is 2.12. The number of halogens is 2. The summed E-state index contributed by atoms with van der Waals surface area (Å²) in [6, 6.07) is 3.07. The van der Waals surface area contributed by atoms with E-state index in [9.17, 15) is 19.2 Å². The molecule has 0 N–H and O–H groups in total. The lowest BCUT2D eigenvalue weighted by Crippen LogP contribution is -2.47. The number of carbonyl (C=O) groups is 4. The summed E-state index contributed by atoms with van der Waals surface area (Å²) in [5.74, 6) is -6.01. The molecule has 0 fully saturated rings. The van der Waals surface area contributed by atoms with E-state index >= 15 is 0 Å². The van der Waals surface area contributed by atoms with Gasteiger partial charge < -0.3 is 47.4 Å². The van der Waals surface area contributed by atoms with Crippen molar-refractivity contribution in [2.45, 2.75) is 40.0 Å². The van der Waals surface area contributed by atoms with E-state index in [-0.39, 0.29) is 70.8 Å². The molecule has 2 aromatic carbocycles. The van der Waals surface area contributed by atoms with Gasteiger partial charge in [-0.1, -0.05) is 6.08 Å². The van der Waals surface area contributed by atoms with E-state index in [2.05, 4.69) is 31.9 Å². The molecular formula is C36H46Br2O14. The maximum absolute atomic E-state index is 14.7. The van der Waals surface area contributed by atoms with Crippen LogP contribution in [0.1, 0.15) is 51.2 Å². The van der Waals surface area contributed by atoms with Gasteiger partial charge in [-0.15, -0.1) is 0 Å². The molecule has 0 aromatic heterocycles. The van der Waals surface area contributed by atoms with E-state index in [0.717, 1.165) is 0 Å². The fraction of sp³-hybridized carbons (Fsp3) is 0.500. The number of carbonyl (C=O) groups excluding carboxylic acids is 4. The fourth-order valence-corrected chi connectivity index (χ4v) is 6.91. The molecule has 1 unspecified atom stereocenters. The van der Waals surface area contributed by atoms with Gasteiger partial charge in [-0.2, -0.15) is 0 Å². The van der Waals surface area contributed by atoms with E-state index in [1.165, 1.54) is 60.9 Å². The summed E-state index contributed by atoms with van der Waals surface area (Å²) < 4.78 is 56.6. The van der Waals surface area contributed by atoms with Crippen molar-refractivity contribution in [2.75, 3.05) is 69.1 Å². The predicted octanol–water partition coefficient (Wildman–Crippen LogP) is 6.31. The highest BCUT2D eigenvalue weighted by molar-refractivity contribution is 9.11. The number of esters is 4. The standard InChI is InChI=1S/C36H46Br2O14/c1-11-49-32(39)21(33(40)50-12-2)17-22(27-24(44-6)19-26(46-8)29(38)31(27)48-10)36(34(41)51-13-3,35(42)52-14-4)16-15-20-23(43-5)18-25(45-7)28(37)30(20)47-9/h15-16,18-19,21-22H,11-14,17H2,1-10H3/b16-15+. The normalized spacial score (nSPS) is 11.8. The van der Waals surface area contributed by atoms with Crippen LogP contribution in [0.2, 0.25) is 0 Å². The summed E-state index contributed by atoms with van der Waals surface area (Å²) >= 11 is 6.99. The zero-order valence-corrected chi connectivity index (χ0v) is 34.1. The van der Waals surface area contributed by atoms with Crippen molar-refractivity contribution in [3.8, 4) is 34.5 Å². The molecule has 1 atom stereocenters. The van der Waals surface area contributed by atoms with Crippen molar-refractivity contribution in [2.24, 2.45) is 11.3 Å². The van der Waals surface area contributed by atoms with Gasteiger partial charge in [0.25, 0.3) is 0 Å². The second kappa shape index (κ2) is 20.8. The van der Waals surface area contributed by atoms with Gasteiger partial charge in [0.1, 0.15) is 43.4 Å². The average molecular weight is 863 g/mol. The van der Waals surface area contributed by atoms with Crippen LogP contribution in [-0.4, -0.2) is 93.0 Å². The Bertz CT molecular complexity index is 1570. The molecule has 0 aliphatic rings. The molecule has 52 heavy (non-hydrogen) atoms. The molecule has 0 radical (unpaired) electrons. The van der Waals surface area contributed by atoms with Crippen molar-refractivity contribution < 1.29 is 66.5 Å². The third kappa shape index (κ3) is 9.24. The molecule has 2 aromatic rings. The van der Waals surface area contributed by atoms with Gasteiger partial charge in [0.2, 0.25) is 0 Å². The molecule has 0 saturated carbocycles. The van der Waals surface area contributed by atoms with Crippen molar-refractivity contribution in [1.29, 1.82) is 0 Å². The summed E-state index contributed by atoms with van der Waals surface area (Å²) in [5, 5.41) is 0. The SMILES string of the molecule is CCOC(=O)C(CC(c1c(OC)cc(OC)c(Br)c1OC)C(/C=C/c1c(OC)cc(OC)c(Br)c1OC)(C(=O)OCC)C(=O)OCC)C(=O)OCC. The van der Waals surface area contributed by atoms with Crippen LogP contribution in [0.4, 0.5) is 0 Å². The Morgan fingerprint density at radius 2 is 1.04 bits per heavy atom. The Hall–Kier alpha value is -4.18. The first-order chi connectivity index (χ1) is 24.9. The van der Waals surface area contributed by atoms with Gasteiger partial charge in [0, 0.05) is 23.6 Å². The maximum Gasteiger partial charge on any atom is 0.328 e. The number of benzene rings is 2. The molecule has 0 aliphatic heterocycles. The zero-order chi connectivity index (χ0) is 39.2. The second-order valence-corrected chi connectivity index (χ2v) is 12.2. The van der Waals surface area contributed by atoms with Gasteiger partial charge in [0.15, 0.2) is 11.3 Å². The van der Waals surface area contributed by atoms with Crippen molar-refractivity contribution in [3.05, 3.63) is 38.3 Å². The fourth-order valence-electron chi connectivity index (χ4n) is 5.60. The van der Waals surface area contributed by atoms with Gasteiger partial charge in [-0.3, -0.25) is 19.2 Å². The van der Waals surface area contributed by atoms with E-state index < -0.39 is 47.5 Å². The number of ether oxygens (including phenoxy) is 10. The number of hydrogen-bond donors (Lipinski definition) is 0. The first-order valence-corrected chi connectivity index (χ1v) is 17.8. The second-order valence-electron chi connectivity index (χ2n) is 10.6. The quantitative estimate of drug-likeness (QED) is 0.0828. The number of hydrogen-bond acceptors (Lipinski definition) is 14. The number of rotatable bonds is 20. The van der Waals surface area contributed by atoms with Crippen LogP contribution in [-0.2, 0) is 38.1 Å². The van der Waals surface area contributed by atoms with E-state index in [4.69, 9.17) is 47.4 Å². The van der Waals surface area contributed by atoms with E-state index in [1.807, 2.05) is 0 Å². The van der Waals surface area contributed by atoms with Crippen LogP contribution in [0.25, 0.3) is 6.08 Å². The van der Waals surface area contributed by atoms with Gasteiger partial charge in [-0.25, -0.2) is 0 Å². The van der Waals surface area contributed by atoms with Crippen molar-refractivity contribution >= 4 is 61.8 Å². The third-order valence-electron chi connectivity index (χ3n) is 7.91. The highest BCUT2D eigenvalue weighted by Gasteiger charge is 2.57. The Morgan fingerprint density at radius 3 is 1.44 bits per heavy atom. The van der Waals surface area contributed by atoms with Crippen molar-refractivity contribution in [1.82, 2.24) is 0 Å². The Morgan fingerprint density at radius 1 is 0.615 bits per heavy atom. The molecule has 0 spiro atoms. The predicted molar refractivity (Wildman–Crippen MR) is 196 cm³/mol. The van der Waals surface area contributed by atoms with E-state index in [1.54, 1.807) is 33.8 Å². The molecule has 14 nitrogen and oxygen atoms in total. The molecule has 0 bridgehead atoms. The molecule has 16 heteroatoms. The molecular weight excluding hydrogens is 816 g/mol. The van der Waals surface area contributed by atoms with Gasteiger partial charge in [-0.05, 0) is 72.1 Å². The topological polar surface area (TPSA) is 161 Å². The summed E-state index contributed by atoms with van der Waals surface area (Å²) in [6.45, 7) is 5.78. The smallest absolute Gasteiger partial charge is 0.328 e. The molecule has 0 aliphatic carbocycles. The van der Waals surface area contributed by atoms with Crippen LogP contribution in [0.3, 0.4) is 0 Å². The molecule has 0 saturated heterocycles. The van der Waals surface area contributed by atoms with Crippen LogP contribution in [0.5, 0.6) is 34.5 Å². The first-order valence-electron chi connectivity index (χ1n) is 16.2. The van der Waals surface area contributed by atoms with Crippen LogP contribution < -0.4 is 28.4 Å². The lowest BCUT2D eigenvalue weighted by atomic mass is 9.67. The van der Waals surface area contributed by atoms with E-state index in [0.29, 0.717) is 10.2 Å². The third-order valence-corrected chi connectivity index (χ3v) is 9.42. The Kier molecular flexibility index (Phi) is 17.6. The molecule has 288 valence electrons. The van der Waals surface area contributed by atoms with Crippen LogP contribution in [0.15, 0.2) is 27.2 Å². The Labute approximate surface area is 320 Å². The molecule has 2 rings (SSSR count).